The average Bonchev–Trinajstić information content (AvgIpc) is 2.83. The molecule has 110 valence electrons. The summed E-state index contributed by atoms with van der Waals surface area (Å²) in [6.45, 7) is 2.09. The summed E-state index contributed by atoms with van der Waals surface area (Å²) in [6.07, 6.45) is -0.0718. The molecule has 0 aromatic heterocycles. The van der Waals surface area contributed by atoms with Crippen LogP contribution in [0.25, 0.3) is 0 Å². The number of hydrogen-bond acceptors (Lipinski definition) is 4. The van der Waals surface area contributed by atoms with Crippen molar-refractivity contribution >= 4 is 0 Å². The first-order valence-corrected chi connectivity index (χ1v) is 6.85. The van der Waals surface area contributed by atoms with Gasteiger partial charge in [-0.15, -0.1) is 0 Å². The summed E-state index contributed by atoms with van der Waals surface area (Å²) in [5, 5.41) is 9.92. The number of phenolic OH excluding ortho intramolecular Hbond substituents is 1. The zero-order chi connectivity index (χ0) is 15.0. The third kappa shape index (κ3) is 2.27. The first kappa shape index (κ1) is 13.6. The minimum absolute atomic E-state index is 0.0718. The van der Waals surface area contributed by atoms with Crippen LogP contribution in [0.5, 0.6) is 23.0 Å². The highest BCUT2D eigenvalue weighted by molar-refractivity contribution is 5.54. The van der Waals surface area contributed by atoms with Crippen molar-refractivity contribution in [2.75, 3.05) is 14.2 Å². The maximum Gasteiger partial charge on any atom is 0.164 e. The van der Waals surface area contributed by atoms with Crippen molar-refractivity contribution in [1.82, 2.24) is 0 Å². The lowest BCUT2D eigenvalue weighted by Gasteiger charge is -2.16. The van der Waals surface area contributed by atoms with Crippen molar-refractivity contribution in [3.8, 4) is 23.0 Å². The van der Waals surface area contributed by atoms with E-state index in [-0.39, 0.29) is 17.8 Å². The molecule has 0 fully saturated rings. The molecule has 4 nitrogen and oxygen atoms in total. The van der Waals surface area contributed by atoms with Gasteiger partial charge in [-0.1, -0.05) is 19.1 Å². The summed E-state index contributed by atoms with van der Waals surface area (Å²) in [5.41, 5.74) is 2.08. The van der Waals surface area contributed by atoms with Crippen LogP contribution in [0.1, 0.15) is 30.1 Å². The van der Waals surface area contributed by atoms with E-state index in [1.807, 2.05) is 24.3 Å². The summed E-state index contributed by atoms with van der Waals surface area (Å²) in [6, 6.07) is 11.3. The smallest absolute Gasteiger partial charge is 0.164 e. The second kappa shape index (κ2) is 5.20. The highest BCUT2D eigenvalue weighted by atomic mass is 16.5. The third-order valence-electron chi connectivity index (χ3n) is 3.95. The minimum atomic E-state index is -0.0718. The van der Waals surface area contributed by atoms with Gasteiger partial charge in [0.2, 0.25) is 0 Å². The molecule has 2 aromatic carbocycles. The Kier molecular flexibility index (Phi) is 3.37. The highest BCUT2D eigenvalue weighted by Crippen LogP contribution is 2.49. The molecule has 0 unspecified atom stereocenters. The van der Waals surface area contributed by atoms with Crippen LogP contribution in [-0.4, -0.2) is 19.3 Å². The molecule has 3 rings (SSSR count). The van der Waals surface area contributed by atoms with Gasteiger partial charge in [0.15, 0.2) is 11.5 Å². The molecule has 4 heteroatoms. The zero-order valence-electron chi connectivity index (χ0n) is 12.3. The Hall–Kier alpha value is -2.36. The predicted molar refractivity (Wildman–Crippen MR) is 79.4 cm³/mol. The number of methoxy groups -OCH3 is 2. The van der Waals surface area contributed by atoms with E-state index in [0.717, 1.165) is 22.6 Å². The van der Waals surface area contributed by atoms with Gasteiger partial charge in [0.05, 0.1) is 14.2 Å². The molecule has 0 saturated carbocycles. The van der Waals surface area contributed by atoms with Gasteiger partial charge in [-0.05, 0) is 23.8 Å². The lowest BCUT2D eigenvalue weighted by atomic mass is 9.92. The molecular weight excluding hydrogens is 268 g/mol. The van der Waals surface area contributed by atoms with Crippen molar-refractivity contribution in [3.05, 3.63) is 47.5 Å². The molecule has 0 amide bonds. The third-order valence-corrected chi connectivity index (χ3v) is 3.95. The van der Waals surface area contributed by atoms with E-state index >= 15 is 0 Å². The van der Waals surface area contributed by atoms with E-state index in [9.17, 15) is 5.11 Å². The van der Waals surface area contributed by atoms with Crippen molar-refractivity contribution in [1.29, 1.82) is 0 Å². The quantitative estimate of drug-likeness (QED) is 0.935. The van der Waals surface area contributed by atoms with E-state index in [1.165, 1.54) is 7.11 Å². The van der Waals surface area contributed by atoms with Crippen LogP contribution >= 0.6 is 0 Å². The molecular formula is C17H18O4. The summed E-state index contributed by atoms with van der Waals surface area (Å²) >= 11 is 0. The van der Waals surface area contributed by atoms with Gasteiger partial charge in [-0.25, -0.2) is 0 Å². The Bertz CT molecular complexity index is 649. The maximum absolute atomic E-state index is 9.92. The standard InChI is InChI=1S/C17H18O4/c1-10-13-8-14(18)16(20-3)9-15(13)21-17(10)11-4-6-12(19-2)7-5-11/h4-10,17-18H,1-3H3/t10-,17+/m0/s1. The summed E-state index contributed by atoms with van der Waals surface area (Å²) in [5.74, 6) is 2.31. The van der Waals surface area contributed by atoms with Crippen molar-refractivity contribution in [2.24, 2.45) is 0 Å². The van der Waals surface area contributed by atoms with E-state index in [2.05, 4.69) is 6.92 Å². The Morgan fingerprint density at radius 1 is 1.05 bits per heavy atom. The average molecular weight is 286 g/mol. The van der Waals surface area contributed by atoms with Gasteiger partial charge in [0, 0.05) is 17.5 Å². The van der Waals surface area contributed by atoms with E-state index in [1.54, 1.807) is 19.2 Å². The molecule has 1 heterocycles. The molecule has 0 aliphatic carbocycles. The molecule has 0 radical (unpaired) electrons. The molecule has 1 aliphatic rings. The Morgan fingerprint density at radius 3 is 2.38 bits per heavy atom. The number of phenols is 1. The van der Waals surface area contributed by atoms with Gasteiger partial charge in [0.1, 0.15) is 17.6 Å². The van der Waals surface area contributed by atoms with Gasteiger partial charge in [0.25, 0.3) is 0 Å². The summed E-state index contributed by atoms with van der Waals surface area (Å²) in [4.78, 5) is 0. The summed E-state index contributed by atoms with van der Waals surface area (Å²) < 4.78 is 16.4. The van der Waals surface area contributed by atoms with E-state index in [4.69, 9.17) is 14.2 Å². The molecule has 1 aliphatic heterocycles. The SMILES string of the molecule is COc1ccc([C@@H]2Oc3cc(OC)c(O)cc3[C@@H]2C)cc1. The monoisotopic (exact) mass is 286 g/mol. The molecule has 2 aromatic rings. The van der Waals surface area contributed by atoms with Gasteiger partial charge in [-0.3, -0.25) is 0 Å². The van der Waals surface area contributed by atoms with Crippen LogP contribution in [0.2, 0.25) is 0 Å². The van der Waals surface area contributed by atoms with Gasteiger partial charge in [-0.2, -0.15) is 0 Å². The van der Waals surface area contributed by atoms with Crippen LogP contribution in [0.3, 0.4) is 0 Å². The number of benzene rings is 2. The summed E-state index contributed by atoms with van der Waals surface area (Å²) in [7, 11) is 3.18. The second-order valence-electron chi connectivity index (χ2n) is 5.16. The first-order chi connectivity index (χ1) is 10.1. The van der Waals surface area contributed by atoms with Crippen molar-refractivity contribution in [2.45, 2.75) is 18.9 Å². The minimum Gasteiger partial charge on any atom is -0.504 e. The first-order valence-electron chi connectivity index (χ1n) is 6.85. The Labute approximate surface area is 123 Å². The lowest BCUT2D eigenvalue weighted by Crippen LogP contribution is -2.06. The molecule has 1 N–H and O–H groups in total. The highest BCUT2D eigenvalue weighted by Gasteiger charge is 2.33. The number of fused-ring (bicyclic) bond motifs is 1. The van der Waals surface area contributed by atoms with E-state index in [0.29, 0.717) is 5.75 Å². The molecule has 0 saturated heterocycles. The molecule has 2 atom stereocenters. The molecule has 21 heavy (non-hydrogen) atoms. The van der Waals surface area contributed by atoms with Crippen LogP contribution in [0.15, 0.2) is 36.4 Å². The van der Waals surface area contributed by atoms with Gasteiger partial charge < -0.3 is 19.3 Å². The maximum atomic E-state index is 9.92. The second-order valence-corrected chi connectivity index (χ2v) is 5.16. The van der Waals surface area contributed by atoms with Gasteiger partial charge >= 0.3 is 0 Å². The number of ether oxygens (including phenoxy) is 3. The zero-order valence-corrected chi connectivity index (χ0v) is 12.3. The fourth-order valence-electron chi connectivity index (χ4n) is 2.74. The largest absolute Gasteiger partial charge is 0.504 e. The topological polar surface area (TPSA) is 47.9 Å². The molecule has 0 spiro atoms. The van der Waals surface area contributed by atoms with Crippen LogP contribution in [0, 0.1) is 0 Å². The number of aromatic hydroxyl groups is 1. The van der Waals surface area contributed by atoms with Crippen molar-refractivity contribution < 1.29 is 19.3 Å². The van der Waals surface area contributed by atoms with E-state index < -0.39 is 0 Å². The molecule has 0 bridgehead atoms. The number of hydrogen-bond donors (Lipinski definition) is 1. The fourth-order valence-corrected chi connectivity index (χ4v) is 2.74. The Balaban J connectivity index is 1.93. The lowest BCUT2D eigenvalue weighted by molar-refractivity contribution is 0.215. The Morgan fingerprint density at radius 2 is 1.76 bits per heavy atom. The van der Waals surface area contributed by atoms with Crippen LogP contribution in [-0.2, 0) is 0 Å². The normalized spacial score (nSPS) is 19.8. The van der Waals surface area contributed by atoms with Crippen LogP contribution < -0.4 is 14.2 Å². The van der Waals surface area contributed by atoms with Crippen LogP contribution in [0.4, 0.5) is 0 Å². The fraction of sp³-hybridized carbons (Fsp3) is 0.294. The number of rotatable bonds is 3. The predicted octanol–water partition coefficient (Wildman–Crippen LogP) is 3.65. The van der Waals surface area contributed by atoms with Crippen molar-refractivity contribution in [3.63, 3.8) is 0 Å².